The number of benzene rings is 1. The summed E-state index contributed by atoms with van der Waals surface area (Å²) in [6.45, 7) is 0.0175. The summed E-state index contributed by atoms with van der Waals surface area (Å²) in [5, 5.41) is 19.8. The topological polar surface area (TPSA) is 103 Å². The fourth-order valence-electron chi connectivity index (χ4n) is 1.56. The van der Waals surface area contributed by atoms with Gasteiger partial charge in [0.05, 0.1) is 16.0 Å². The van der Waals surface area contributed by atoms with Gasteiger partial charge in [0.15, 0.2) is 0 Å². The molecule has 2 aromatic rings. The molecule has 1 aromatic heterocycles. The van der Waals surface area contributed by atoms with Crippen molar-refractivity contribution in [3.05, 3.63) is 62.9 Å². The molecule has 1 N–H and O–H groups in total. The van der Waals surface area contributed by atoms with E-state index in [1.54, 1.807) is 6.07 Å². The lowest BCUT2D eigenvalue weighted by molar-refractivity contribution is -0.384. The van der Waals surface area contributed by atoms with Crippen LogP contribution < -0.4 is 4.74 Å². The number of pyridine rings is 1. The SMILES string of the molecule is O=C(O)c1cc(COc2cc([N+](=O)[O-])ccc2Cl)ccn1. The van der Waals surface area contributed by atoms with E-state index in [-0.39, 0.29) is 28.8 Å². The van der Waals surface area contributed by atoms with Crippen molar-refractivity contribution >= 4 is 23.3 Å². The molecular formula is C13H9ClN2O5. The second-order valence-electron chi connectivity index (χ2n) is 4.01. The molecule has 0 aliphatic heterocycles. The normalized spacial score (nSPS) is 10.1. The van der Waals surface area contributed by atoms with Crippen molar-refractivity contribution in [1.82, 2.24) is 4.98 Å². The summed E-state index contributed by atoms with van der Waals surface area (Å²) >= 11 is 5.89. The number of hydrogen-bond donors (Lipinski definition) is 1. The number of rotatable bonds is 5. The molecule has 0 amide bonds. The van der Waals surface area contributed by atoms with Crippen LogP contribution in [0.15, 0.2) is 36.5 Å². The molecule has 2 rings (SSSR count). The van der Waals surface area contributed by atoms with E-state index < -0.39 is 10.9 Å². The zero-order valence-electron chi connectivity index (χ0n) is 10.5. The zero-order valence-corrected chi connectivity index (χ0v) is 11.3. The van der Waals surface area contributed by atoms with Crippen LogP contribution in [0.25, 0.3) is 0 Å². The van der Waals surface area contributed by atoms with Crippen molar-refractivity contribution < 1.29 is 19.6 Å². The van der Waals surface area contributed by atoms with Gasteiger partial charge in [-0.2, -0.15) is 0 Å². The molecule has 8 heteroatoms. The highest BCUT2D eigenvalue weighted by atomic mass is 35.5. The average molecular weight is 309 g/mol. The highest BCUT2D eigenvalue weighted by Gasteiger charge is 2.11. The molecule has 7 nitrogen and oxygen atoms in total. The van der Waals surface area contributed by atoms with Gasteiger partial charge in [-0.05, 0) is 23.8 Å². The van der Waals surface area contributed by atoms with Crippen molar-refractivity contribution in [3.8, 4) is 5.75 Å². The number of hydrogen-bond acceptors (Lipinski definition) is 5. The van der Waals surface area contributed by atoms with Gasteiger partial charge in [0, 0.05) is 12.3 Å². The van der Waals surface area contributed by atoms with Crippen molar-refractivity contribution in [2.45, 2.75) is 6.61 Å². The number of aromatic nitrogens is 1. The zero-order chi connectivity index (χ0) is 15.4. The van der Waals surface area contributed by atoms with E-state index in [1.807, 2.05) is 0 Å². The highest BCUT2D eigenvalue weighted by molar-refractivity contribution is 6.32. The first-order valence-corrected chi connectivity index (χ1v) is 6.10. The minimum atomic E-state index is -1.15. The Morgan fingerprint density at radius 1 is 1.38 bits per heavy atom. The number of ether oxygens (including phenoxy) is 1. The summed E-state index contributed by atoms with van der Waals surface area (Å²) in [7, 11) is 0. The van der Waals surface area contributed by atoms with Gasteiger partial charge in [-0.1, -0.05) is 11.6 Å². The van der Waals surface area contributed by atoms with Gasteiger partial charge >= 0.3 is 5.97 Å². The Morgan fingerprint density at radius 2 is 2.14 bits per heavy atom. The van der Waals surface area contributed by atoms with Gasteiger partial charge in [-0.3, -0.25) is 10.1 Å². The third-order valence-corrected chi connectivity index (χ3v) is 2.88. The van der Waals surface area contributed by atoms with Crippen LogP contribution in [0.1, 0.15) is 16.1 Å². The van der Waals surface area contributed by atoms with Crippen molar-refractivity contribution in [2.75, 3.05) is 0 Å². The minimum absolute atomic E-state index is 0.0175. The van der Waals surface area contributed by atoms with E-state index in [4.69, 9.17) is 21.4 Å². The van der Waals surface area contributed by atoms with E-state index in [1.165, 1.54) is 30.5 Å². The Morgan fingerprint density at radius 3 is 2.81 bits per heavy atom. The number of carboxylic acid groups (broad SMARTS) is 1. The fourth-order valence-corrected chi connectivity index (χ4v) is 1.73. The average Bonchev–Trinajstić information content (AvgIpc) is 2.46. The maximum Gasteiger partial charge on any atom is 0.354 e. The van der Waals surface area contributed by atoms with E-state index in [0.29, 0.717) is 5.56 Å². The molecule has 0 fully saturated rings. The minimum Gasteiger partial charge on any atom is -0.487 e. The summed E-state index contributed by atoms with van der Waals surface area (Å²) in [6, 6.07) is 6.78. The molecule has 0 atom stereocenters. The van der Waals surface area contributed by atoms with E-state index in [9.17, 15) is 14.9 Å². The summed E-state index contributed by atoms with van der Waals surface area (Å²) in [5.41, 5.74) is 0.307. The predicted molar refractivity (Wildman–Crippen MR) is 73.6 cm³/mol. The van der Waals surface area contributed by atoms with Gasteiger partial charge in [0.2, 0.25) is 0 Å². The molecular weight excluding hydrogens is 300 g/mol. The third-order valence-electron chi connectivity index (χ3n) is 2.56. The van der Waals surface area contributed by atoms with Crippen LogP contribution in [0.2, 0.25) is 5.02 Å². The lowest BCUT2D eigenvalue weighted by Crippen LogP contribution is -2.03. The van der Waals surface area contributed by atoms with E-state index in [0.717, 1.165) is 0 Å². The van der Waals surface area contributed by atoms with E-state index >= 15 is 0 Å². The first-order valence-electron chi connectivity index (χ1n) is 5.72. The maximum atomic E-state index is 10.8. The first-order chi connectivity index (χ1) is 9.97. The van der Waals surface area contributed by atoms with Crippen LogP contribution in [-0.2, 0) is 6.61 Å². The Balaban J connectivity index is 2.16. The van der Waals surface area contributed by atoms with E-state index in [2.05, 4.69) is 4.98 Å². The van der Waals surface area contributed by atoms with Crippen LogP contribution in [0, 0.1) is 10.1 Å². The largest absolute Gasteiger partial charge is 0.487 e. The fraction of sp³-hybridized carbons (Fsp3) is 0.0769. The van der Waals surface area contributed by atoms with Gasteiger partial charge in [0.25, 0.3) is 5.69 Å². The third kappa shape index (κ3) is 3.67. The van der Waals surface area contributed by atoms with Gasteiger partial charge in [-0.25, -0.2) is 9.78 Å². The lowest BCUT2D eigenvalue weighted by Gasteiger charge is -2.08. The Kier molecular flexibility index (Phi) is 4.34. The number of nitrogens with zero attached hydrogens (tertiary/aromatic N) is 2. The Labute approximate surface area is 123 Å². The molecule has 0 saturated heterocycles. The Hall–Kier alpha value is -2.67. The Bertz CT molecular complexity index is 705. The molecule has 1 heterocycles. The number of halogens is 1. The first kappa shape index (κ1) is 14.7. The van der Waals surface area contributed by atoms with Crippen LogP contribution in [0.5, 0.6) is 5.75 Å². The number of aromatic carboxylic acids is 1. The molecule has 0 spiro atoms. The summed E-state index contributed by atoms with van der Waals surface area (Å²) in [6.07, 6.45) is 1.34. The van der Waals surface area contributed by atoms with Crippen molar-refractivity contribution in [2.24, 2.45) is 0 Å². The van der Waals surface area contributed by atoms with Crippen LogP contribution in [-0.4, -0.2) is 21.0 Å². The molecule has 0 aliphatic carbocycles. The van der Waals surface area contributed by atoms with Gasteiger partial charge in [0.1, 0.15) is 18.1 Å². The standard InChI is InChI=1S/C13H9ClN2O5/c14-10-2-1-9(16(19)20)6-12(10)21-7-8-3-4-15-11(5-8)13(17)18/h1-6H,7H2,(H,17,18). The van der Waals surface area contributed by atoms with Crippen LogP contribution in [0.3, 0.4) is 0 Å². The van der Waals surface area contributed by atoms with Gasteiger partial charge in [-0.15, -0.1) is 0 Å². The quantitative estimate of drug-likeness (QED) is 0.673. The number of nitro groups is 1. The summed E-state index contributed by atoms with van der Waals surface area (Å²) in [4.78, 5) is 24.6. The van der Waals surface area contributed by atoms with Crippen LogP contribution >= 0.6 is 11.6 Å². The van der Waals surface area contributed by atoms with Crippen LogP contribution in [0.4, 0.5) is 5.69 Å². The summed E-state index contributed by atoms with van der Waals surface area (Å²) < 4.78 is 5.39. The molecule has 0 aliphatic rings. The van der Waals surface area contributed by atoms with Crippen molar-refractivity contribution in [3.63, 3.8) is 0 Å². The molecule has 0 bridgehead atoms. The monoisotopic (exact) mass is 308 g/mol. The molecule has 0 radical (unpaired) electrons. The second-order valence-corrected chi connectivity index (χ2v) is 4.42. The van der Waals surface area contributed by atoms with Crippen molar-refractivity contribution in [1.29, 1.82) is 0 Å². The number of carboxylic acids is 1. The maximum absolute atomic E-state index is 10.8. The molecule has 21 heavy (non-hydrogen) atoms. The predicted octanol–water partition coefficient (Wildman–Crippen LogP) is 2.92. The number of carbonyl (C=O) groups is 1. The smallest absolute Gasteiger partial charge is 0.354 e. The number of non-ortho nitro benzene ring substituents is 1. The van der Waals surface area contributed by atoms with Gasteiger partial charge < -0.3 is 9.84 Å². The molecule has 0 unspecified atom stereocenters. The molecule has 0 saturated carbocycles. The molecule has 1 aromatic carbocycles. The molecule has 108 valence electrons. The summed E-state index contributed by atoms with van der Waals surface area (Å²) in [5.74, 6) is -0.996. The lowest BCUT2D eigenvalue weighted by atomic mass is 10.2. The second kappa shape index (κ2) is 6.19. The highest BCUT2D eigenvalue weighted by Crippen LogP contribution is 2.29. The number of nitro benzene ring substituents is 1.